The first-order valence-corrected chi connectivity index (χ1v) is 10.1. The maximum atomic E-state index is 12.9. The van der Waals surface area contributed by atoms with E-state index in [0.29, 0.717) is 18.0 Å². The molecule has 0 aliphatic carbocycles. The van der Waals surface area contributed by atoms with Crippen LogP contribution < -0.4 is 19.9 Å². The maximum absolute atomic E-state index is 12.9. The molecule has 3 heterocycles. The number of piperidine rings is 1. The SMILES string of the molecule is COc1cccc(N2C[C@H](C(=O)Nc3cnccc3N3CCCCC3)CC2=O)c1. The van der Waals surface area contributed by atoms with Crippen molar-refractivity contribution < 1.29 is 14.3 Å². The second kappa shape index (κ2) is 8.51. The zero-order valence-corrected chi connectivity index (χ0v) is 16.6. The minimum atomic E-state index is -0.400. The van der Waals surface area contributed by atoms with Crippen molar-refractivity contribution in [3.8, 4) is 5.75 Å². The van der Waals surface area contributed by atoms with Crippen LogP contribution in [-0.2, 0) is 9.59 Å². The molecule has 1 aromatic heterocycles. The number of hydrogen-bond donors (Lipinski definition) is 1. The number of ether oxygens (including phenoxy) is 1. The van der Waals surface area contributed by atoms with Gasteiger partial charge in [-0.1, -0.05) is 6.07 Å². The van der Waals surface area contributed by atoms with Gasteiger partial charge in [-0.25, -0.2) is 0 Å². The van der Waals surface area contributed by atoms with E-state index in [0.717, 1.165) is 37.3 Å². The Bertz CT molecular complexity index is 895. The van der Waals surface area contributed by atoms with Crippen molar-refractivity contribution in [2.45, 2.75) is 25.7 Å². The molecule has 7 nitrogen and oxygen atoms in total. The monoisotopic (exact) mass is 394 g/mol. The molecule has 2 aromatic rings. The normalized spacial score (nSPS) is 19.3. The standard InChI is InChI=1S/C22H26N4O3/c1-29-18-7-5-6-17(13-18)26-15-16(12-21(26)27)22(28)24-19-14-23-9-8-20(19)25-10-3-2-4-11-25/h5-9,13-14,16H,2-4,10-12,15H2,1H3,(H,24,28)/t16-/m1/s1. The van der Waals surface area contributed by atoms with Crippen LogP contribution in [0.4, 0.5) is 17.1 Å². The second-order valence-corrected chi connectivity index (χ2v) is 7.54. The molecule has 2 amide bonds. The molecule has 1 aromatic carbocycles. The first kappa shape index (κ1) is 19.2. The molecule has 4 rings (SSSR count). The summed E-state index contributed by atoms with van der Waals surface area (Å²) in [4.78, 5) is 33.6. The Morgan fingerprint density at radius 3 is 2.83 bits per heavy atom. The number of pyridine rings is 1. The third-order valence-corrected chi connectivity index (χ3v) is 5.61. The summed E-state index contributed by atoms with van der Waals surface area (Å²) in [5.74, 6) is 0.0868. The summed E-state index contributed by atoms with van der Waals surface area (Å²) in [5.41, 5.74) is 2.47. The summed E-state index contributed by atoms with van der Waals surface area (Å²) in [6.07, 6.45) is 7.20. The molecule has 2 aliphatic heterocycles. The number of nitrogens with zero attached hydrogens (tertiary/aromatic N) is 3. The van der Waals surface area contributed by atoms with Gasteiger partial charge < -0.3 is 19.9 Å². The predicted octanol–water partition coefficient (Wildman–Crippen LogP) is 3.07. The molecule has 7 heteroatoms. The van der Waals surface area contributed by atoms with Crippen LogP contribution >= 0.6 is 0 Å². The first-order chi connectivity index (χ1) is 14.2. The van der Waals surface area contributed by atoms with Crippen molar-refractivity contribution in [1.29, 1.82) is 0 Å². The van der Waals surface area contributed by atoms with Gasteiger partial charge in [0.25, 0.3) is 0 Å². The average Bonchev–Trinajstić information content (AvgIpc) is 3.16. The van der Waals surface area contributed by atoms with E-state index in [1.165, 1.54) is 6.42 Å². The summed E-state index contributed by atoms with van der Waals surface area (Å²) in [5, 5.41) is 3.02. The van der Waals surface area contributed by atoms with Crippen LogP contribution in [-0.4, -0.2) is 43.5 Å². The average molecular weight is 394 g/mol. The van der Waals surface area contributed by atoms with E-state index in [4.69, 9.17) is 4.74 Å². The smallest absolute Gasteiger partial charge is 0.229 e. The molecule has 0 spiro atoms. The highest BCUT2D eigenvalue weighted by Crippen LogP contribution is 2.31. The summed E-state index contributed by atoms with van der Waals surface area (Å²) < 4.78 is 5.24. The number of methoxy groups -OCH3 is 1. The number of hydrogen-bond acceptors (Lipinski definition) is 5. The molecule has 29 heavy (non-hydrogen) atoms. The Morgan fingerprint density at radius 1 is 1.21 bits per heavy atom. The van der Waals surface area contributed by atoms with Gasteiger partial charge >= 0.3 is 0 Å². The molecular formula is C22H26N4O3. The topological polar surface area (TPSA) is 74.8 Å². The first-order valence-electron chi connectivity index (χ1n) is 10.1. The van der Waals surface area contributed by atoms with E-state index in [-0.39, 0.29) is 18.2 Å². The van der Waals surface area contributed by atoms with Crippen LogP contribution in [0.2, 0.25) is 0 Å². The number of carbonyl (C=O) groups is 2. The lowest BCUT2D eigenvalue weighted by atomic mass is 10.1. The van der Waals surface area contributed by atoms with Crippen LogP contribution in [0.15, 0.2) is 42.7 Å². The number of aromatic nitrogens is 1. The molecule has 2 aliphatic rings. The lowest BCUT2D eigenvalue weighted by Crippen LogP contribution is -2.32. The van der Waals surface area contributed by atoms with E-state index >= 15 is 0 Å². The molecule has 0 bridgehead atoms. The summed E-state index contributed by atoms with van der Waals surface area (Å²) in [6, 6.07) is 9.29. The Kier molecular flexibility index (Phi) is 5.64. The highest BCUT2D eigenvalue weighted by atomic mass is 16.5. The van der Waals surface area contributed by atoms with Gasteiger partial charge in [-0.3, -0.25) is 14.6 Å². The van der Waals surface area contributed by atoms with Gasteiger partial charge in [0.15, 0.2) is 0 Å². The fourth-order valence-electron chi connectivity index (χ4n) is 4.04. The van der Waals surface area contributed by atoms with Gasteiger partial charge in [0.1, 0.15) is 5.75 Å². The van der Waals surface area contributed by atoms with Gasteiger partial charge in [-0.15, -0.1) is 0 Å². The van der Waals surface area contributed by atoms with Crippen molar-refractivity contribution >= 4 is 28.9 Å². The van der Waals surface area contributed by atoms with E-state index in [2.05, 4.69) is 15.2 Å². The third kappa shape index (κ3) is 4.18. The molecule has 0 unspecified atom stereocenters. The Labute approximate surface area is 170 Å². The second-order valence-electron chi connectivity index (χ2n) is 7.54. The van der Waals surface area contributed by atoms with Gasteiger partial charge in [0.2, 0.25) is 11.8 Å². The fraction of sp³-hybridized carbons (Fsp3) is 0.409. The fourth-order valence-corrected chi connectivity index (χ4v) is 4.04. The van der Waals surface area contributed by atoms with Crippen molar-refractivity contribution in [2.75, 3.05) is 41.9 Å². The Balaban J connectivity index is 1.46. The van der Waals surface area contributed by atoms with Gasteiger partial charge in [0.05, 0.1) is 30.6 Å². The van der Waals surface area contributed by atoms with Crippen molar-refractivity contribution in [3.63, 3.8) is 0 Å². The zero-order valence-electron chi connectivity index (χ0n) is 16.6. The quantitative estimate of drug-likeness (QED) is 0.844. The lowest BCUT2D eigenvalue weighted by molar-refractivity contribution is -0.122. The van der Waals surface area contributed by atoms with Crippen molar-refractivity contribution in [1.82, 2.24) is 4.98 Å². The van der Waals surface area contributed by atoms with Gasteiger partial charge in [0, 0.05) is 44.0 Å². The molecule has 0 radical (unpaired) electrons. The van der Waals surface area contributed by atoms with E-state index in [9.17, 15) is 9.59 Å². The van der Waals surface area contributed by atoms with Crippen molar-refractivity contribution in [3.05, 3.63) is 42.7 Å². The van der Waals surface area contributed by atoms with Gasteiger partial charge in [-0.2, -0.15) is 0 Å². The Hall–Kier alpha value is -3.09. The predicted molar refractivity (Wildman–Crippen MR) is 112 cm³/mol. The molecule has 1 N–H and O–H groups in total. The van der Waals surface area contributed by atoms with E-state index in [1.807, 2.05) is 30.3 Å². The van der Waals surface area contributed by atoms with E-state index in [1.54, 1.807) is 24.4 Å². The third-order valence-electron chi connectivity index (χ3n) is 5.61. The van der Waals surface area contributed by atoms with Crippen LogP contribution in [0.5, 0.6) is 5.75 Å². The van der Waals surface area contributed by atoms with Crippen molar-refractivity contribution in [2.24, 2.45) is 5.92 Å². The minimum Gasteiger partial charge on any atom is -0.497 e. The number of anilines is 3. The number of amides is 2. The summed E-state index contributed by atoms with van der Waals surface area (Å²) in [7, 11) is 1.59. The molecule has 2 saturated heterocycles. The summed E-state index contributed by atoms with van der Waals surface area (Å²) >= 11 is 0. The number of nitrogens with one attached hydrogen (secondary N) is 1. The highest BCUT2D eigenvalue weighted by molar-refractivity contribution is 6.04. The largest absolute Gasteiger partial charge is 0.497 e. The molecule has 2 fully saturated rings. The number of rotatable bonds is 5. The number of carbonyl (C=O) groups excluding carboxylic acids is 2. The summed E-state index contributed by atoms with van der Waals surface area (Å²) in [6.45, 7) is 2.33. The highest BCUT2D eigenvalue weighted by Gasteiger charge is 2.35. The Morgan fingerprint density at radius 2 is 2.03 bits per heavy atom. The van der Waals surface area contributed by atoms with Crippen LogP contribution in [0.3, 0.4) is 0 Å². The minimum absolute atomic E-state index is 0.0548. The molecule has 1 atom stereocenters. The maximum Gasteiger partial charge on any atom is 0.229 e. The van der Waals surface area contributed by atoms with Crippen LogP contribution in [0.25, 0.3) is 0 Å². The van der Waals surface area contributed by atoms with E-state index < -0.39 is 5.92 Å². The zero-order chi connectivity index (χ0) is 20.2. The molecule has 152 valence electrons. The van der Waals surface area contributed by atoms with Crippen LogP contribution in [0, 0.1) is 5.92 Å². The number of benzene rings is 1. The molecule has 0 saturated carbocycles. The molecular weight excluding hydrogens is 368 g/mol. The lowest BCUT2D eigenvalue weighted by Gasteiger charge is -2.30. The van der Waals surface area contributed by atoms with Gasteiger partial charge in [-0.05, 0) is 37.5 Å². The van der Waals surface area contributed by atoms with Crippen LogP contribution in [0.1, 0.15) is 25.7 Å².